The maximum atomic E-state index is 13.2. The number of benzene rings is 2. The van der Waals surface area contributed by atoms with Crippen molar-refractivity contribution < 1.29 is 23.1 Å². The molecule has 0 spiro atoms. The topological polar surface area (TPSA) is 116 Å². The van der Waals surface area contributed by atoms with Gasteiger partial charge in [-0.2, -0.15) is 9.57 Å². The number of nitriles is 1. The summed E-state index contributed by atoms with van der Waals surface area (Å²) >= 11 is 5.81. The summed E-state index contributed by atoms with van der Waals surface area (Å²) in [5.74, 6) is -1.35. The molecule has 2 aromatic carbocycles. The molecule has 0 aromatic heterocycles. The number of aliphatic carboxylic acids is 1. The second-order valence-corrected chi connectivity index (χ2v) is 8.24. The largest absolute Gasteiger partial charge is 0.480 e. The van der Waals surface area contributed by atoms with E-state index in [0.29, 0.717) is 22.4 Å². The molecular weight excluding hydrogens is 404 g/mol. The quantitative estimate of drug-likeness (QED) is 0.623. The van der Waals surface area contributed by atoms with Crippen molar-refractivity contribution in [1.29, 1.82) is 5.26 Å². The molecule has 0 saturated heterocycles. The number of halogens is 1. The van der Waals surface area contributed by atoms with Crippen molar-refractivity contribution >= 4 is 33.9 Å². The number of hydrogen-bond acceptors (Lipinski definition) is 5. The molecule has 1 unspecified atom stereocenters. The first-order chi connectivity index (χ1) is 13.3. The molecule has 2 rings (SSSR count). The number of aldehydes is 1. The summed E-state index contributed by atoms with van der Waals surface area (Å²) in [4.78, 5) is 22.4. The highest BCUT2D eigenvalue weighted by Crippen LogP contribution is 2.25. The highest BCUT2D eigenvalue weighted by Gasteiger charge is 2.35. The molecule has 28 heavy (non-hydrogen) atoms. The molecule has 1 atom stereocenters. The number of carboxylic acid groups (broad SMARTS) is 1. The van der Waals surface area contributed by atoms with Crippen LogP contribution < -0.4 is 0 Å². The average molecular weight is 421 g/mol. The van der Waals surface area contributed by atoms with Gasteiger partial charge in [-0.25, -0.2) is 8.42 Å². The lowest BCUT2D eigenvalue weighted by Crippen LogP contribution is -2.44. The fourth-order valence-electron chi connectivity index (χ4n) is 2.59. The van der Waals surface area contributed by atoms with E-state index in [2.05, 4.69) is 0 Å². The SMILES string of the molecule is N#Cc1ccc(CN(C(CCC=O)C(=O)O)S(=O)(=O)c2ccc(Cl)cc2)cc1. The molecule has 0 aliphatic carbocycles. The second kappa shape index (κ2) is 9.46. The lowest BCUT2D eigenvalue weighted by molar-refractivity contribution is -0.141. The number of carbonyl (C=O) groups excluding carboxylic acids is 1. The van der Waals surface area contributed by atoms with Crippen LogP contribution in [0, 0.1) is 11.3 Å². The number of rotatable bonds is 9. The monoisotopic (exact) mass is 420 g/mol. The van der Waals surface area contributed by atoms with Gasteiger partial charge in [-0.3, -0.25) is 4.79 Å². The lowest BCUT2D eigenvalue weighted by atomic mass is 10.1. The third kappa shape index (κ3) is 5.16. The Morgan fingerprint density at radius 3 is 2.29 bits per heavy atom. The van der Waals surface area contributed by atoms with Gasteiger partial charge >= 0.3 is 5.97 Å². The number of nitrogens with zero attached hydrogens (tertiary/aromatic N) is 2. The molecule has 0 radical (unpaired) electrons. The van der Waals surface area contributed by atoms with Gasteiger partial charge in [0, 0.05) is 18.0 Å². The van der Waals surface area contributed by atoms with Crippen molar-refractivity contribution in [1.82, 2.24) is 4.31 Å². The fourth-order valence-corrected chi connectivity index (χ4v) is 4.31. The third-order valence-corrected chi connectivity index (χ3v) is 6.15. The van der Waals surface area contributed by atoms with Crippen molar-refractivity contribution in [3.05, 3.63) is 64.7 Å². The summed E-state index contributed by atoms with van der Waals surface area (Å²) < 4.78 is 27.2. The highest BCUT2D eigenvalue weighted by atomic mass is 35.5. The Kier molecular flexibility index (Phi) is 7.29. The molecule has 0 amide bonds. The molecule has 1 N–H and O–H groups in total. The van der Waals surface area contributed by atoms with Gasteiger partial charge in [0.15, 0.2) is 0 Å². The highest BCUT2D eigenvalue weighted by molar-refractivity contribution is 7.89. The van der Waals surface area contributed by atoms with Gasteiger partial charge in [0.2, 0.25) is 10.0 Å². The standard InChI is InChI=1S/C19H17ClN2O5S/c20-16-7-9-17(10-8-16)28(26,27)22(18(19(24)25)2-1-11-23)13-15-5-3-14(12-21)4-6-15/h3-11,18H,1-2,13H2,(H,24,25). The van der Waals surface area contributed by atoms with E-state index >= 15 is 0 Å². The zero-order valence-corrected chi connectivity index (χ0v) is 16.2. The van der Waals surface area contributed by atoms with Crippen molar-refractivity contribution in [3.8, 4) is 6.07 Å². The van der Waals surface area contributed by atoms with Gasteiger partial charge in [-0.1, -0.05) is 23.7 Å². The summed E-state index contributed by atoms with van der Waals surface area (Å²) in [5, 5.41) is 18.8. The van der Waals surface area contributed by atoms with E-state index < -0.39 is 22.0 Å². The molecule has 2 aromatic rings. The van der Waals surface area contributed by atoms with Crippen molar-refractivity contribution in [2.45, 2.75) is 30.3 Å². The van der Waals surface area contributed by atoms with Gasteiger partial charge in [0.1, 0.15) is 12.3 Å². The van der Waals surface area contributed by atoms with Gasteiger partial charge in [-0.15, -0.1) is 0 Å². The Morgan fingerprint density at radius 1 is 1.18 bits per heavy atom. The third-order valence-electron chi connectivity index (χ3n) is 4.03. The van der Waals surface area contributed by atoms with E-state index in [1.54, 1.807) is 12.1 Å². The minimum absolute atomic E-state index is 0.100. The zero-order chi connectivity index (χ0) is 20.7. The Morgan fingerprint density at radius 2 is 1.79 bits per heavy atom. The van der Waals surface area contributed by atoms with Crippen LogP contribution in [-0.2, 0) is 26.2 Å². The van der Waals surface area contributed by atoms with Gasteiger partial charge in [0.25, 0.3) is 0 Å². The Hall–Kier alpha value is -2.73. The Bertz CT molecular complexity index is 982. The van der Waals surface area contributed by atoms with Crippen LogP contribution in [0.2, 0.25) is 5.02 Å². The molecule has 0 bridgehead atoms. The summed E-state index contributed by atoms with van der Waals surface area (Å²) in [6.45, 7) is -0.230. The second-order valence-electron chi connectivity index (χ2n) is 5.91. The summed E-state index contributed by atoms with van der Waals surface area (Å²) in [6.07, 6.45) is 0.281. The first-order valence-electron chi connectivity index (χ1n) is 8.22. The van der Waals surface area contributed by atoms with Gasteiger partial charge in [0.05, 0.1) is 16.5 Å². The summed E-state index contributed by atoms with van der Waals surface area (Å²) in [5.41, 5.74) is 0.903. The van der Waals surface area contributed by atoms with E-state index in [1.165, 1.54) is 36.4 Å². The van der Waals surface area contributed by atoms with Crippen molar-refractivity contribution in [2.24, 2.45) is 0 Å². The maximum absolute atomic E-state index is 13.2. The van der Waals surface area contributed by atoms with Crippen LogP contribution in [0.25, 0.3) is 0 Å². The molecule has 146 valence electrons. The van der Waals surface area contributed by atoms with Crippen LogP contribution in [0.1, 0.15) is 24.0 Å². The maximum Gasteiger partial charge on any atom is 0.322 e. The normalized spacial score (nSPS) is 12.3. The van der Waals surface area contributed by atoms with Crippen molar-refractivity contribution in [3.63, 3.8) is 0 Å². The van der Waals surface area contributed by atoms with Gasteiger partial charge < -0.3 is 9.90 Å². The molecule has 0 heterocycles. The minimum atomic E-state index is -4.19. The molecule has 7 nitrogen and oxygen atoms in total. The fraction of sp³-hybridized carbons (Fsp3) is 0.211. The predicted molar refractivity (Wildman–Crippen MR) is 102 cm³/mol. The Balaban J connectivity index is 2.49. The van der Waals surface area contributed by atoms with E-state index in [9.17, 15) is 23.1 Å². The van der Waals surface area contributed by atoms with Crippen LogP contribution in [-0.4, -0.2) is 36.1 Å². The molecule has 9 heteroatoms. The van der Waals surface area contributed by atoms with Gasteiger partial charge in [-0.05, 0) is 48.4 Å². The minimum Gasteiger partial charge on any atom is -0.480 e. The van der Waals surface area contributed by atoms with E-state index in [4.69, 9.17) is 16.9 Å². The zero-order valence-electron chi connectivity index (χ0n) is 14.7. The first-order valence-corrected chi connectivity index (χ1v) is 10.0. The van der Waals surface area contributed by atoms with E-state index in [-0.39, 0.29) is 24.3 Å². The van der Waals surface area contributed by atoms with Crippen molar-refractivity contribution in [2.75, 3.05) is 0 Å². The first kappa shape index (κ1) is 21.6. The Labute approximate surface area is 167 Å². The van der Waals surface area contributed by atoms with Crippen LogP contribution in [0.4, 0.5) is 0 Å². The molecular formula is C19H17ClN2O5S. The number of carboxylic acids is 1. The lowest BCUT2D eigenvalue weighted by Gasteiger charge is -2.28. The molecule has 0 aliphatic rings. The number of hydrogen-bond donors (Lipinski definition) is 1. The molecule has 0 fully saturated rings. The summed E-state index contributed by atoms with van der Waals surface area (Å²) in [6, 6.07) is 12.1. The van der Waals surface area contributed by atoms with Crippen LogP contribution >= 0.6 is 11.6 Å². The average Bonchev–Trinajstić information content (AvgIpc) is 2.68. The van der Waals surface area contributed by atoms with Crippen LogP contribution in [0.5, 0.6) is 0 Å². The van der Waals surface area contributed by atoms with E-state index in [1.807, 2.05) is 6.07 Å². The van der Waals surface area contributed by atoms with E-state index in [0.717, 1.165) is 4.31 Å². The molecule has 0 saturated carbocycles. The predicted octanol–water partition coefficient (Wildman–Crippen LogP) is 2.83. The smallest absolute Gasteiger partial charge is 0.322 e. The summed E-state index contributed by atoms with van der Waals surface area (Å²) in [7, 11) is -4.19. The number of carbonyl (C=O) groups is 2. The number of sulfonamides is 1. The van der Waals surface area contributed by atoms with Crippen LogP contribution in [0.3, 0.4) is 0 Å². The molecule has 0 aliphatic heterocycles. The van der Waals surface area contributed by atoms with Crippen LogP contribution in [0.15, 0.2) is 53.4 Å².